The summed E-state index contributed by atoms with van der Waals surface area (Å²) in [5.74, 6) is 0. The zero-order valence-electron chi connectivity index (χ0n) is 24.0. The third kappa shape index (κ3) is 3.77. The van der Waals surface area contributed by atoms with Gasteiger partial charge in [0, 0.05) is 25.7 Å². The molecule has 0 atom stereocenters. The number of aliphatic imine (C=N–C) groups is 4. The molecule has 44 heavy (non-hydrogen) atoms. The Bertz CT molecular complexity index is 2190. The van der Waals surface area contributed by atoms with Crippen LogP contribution in [0.3, 0.4) is 0 Å². The number of benzene rings is 6. The first kappa shape index (κ1) is 24.0. The van der Waals surface area contributed by atoms with Gasteiger partial charge in [-0.2, -0.15) is 0 Å². The molecule has 0 radical (unpaired) electrons. The minimum Gasteiger partial charge on any atom is -0.252 e. The molecule has 0 fully saturated rings. The standard InChI is InChI=1S/C40H26N4/c1-3-7-23(8-4-1)33-19-29-11-25-17-37-31(13-27(25)15-35(29)41-33)21-39(43-37)40-22-32-14-28-16-36-30(12-26(28)18-38(32)44-40)20-34(42-36)24-9-5-2-6-10-24/h1-18H,19-22H2. The zero-order valence-corrected chi connectivity index (χ0v) is 24.0. The molecule has 206 valence electrons. The average molecular weight is 563 g/mol. The fourth-order valence-corrected chi connectivity index (χ4v) is 7.21. The van der Waals surface area contributed by atoms with Crippen LogP contribution in [0.2, 0.25) is 0 Å². The van der Waals surface area contributed by atoms with Crippen molar-refractivity contribution in [2.24, 2.45) is 20.0 Å². The third-order valence-electron chi connectivity index (χ3n) is 9.47. The van der Waals surface area contributed by atoms with E-state index in [1.807, 2.05) is 0 Å². The molecule has 0 saturated heterocycles. The molecule has 0 aliphatic carbocycles. The van der Waals surface area contributed by atoms with E-state index < -0.39 is 0 Å². The first-order valence-electron chi connectivity index (χ1n) is 15.3. The highest BCUT2D eigenvalue weighted by molar-refractivity contribution is 6.46. The monoisotopic (exact) mass is 562 g/mol. The molecule has 4 heteroatoms. The van der Waals surface area contributed by atoms with Crippen molar-refractivity contribution in [3.05, 3.63) is 143 Å². The molecule has 0 saturated carbocycles. The molecule has 6 aromatic rings. The highest BCUT2D eigenvalue weighted by atomic mass is 14.9. The van der Waals surface area contributed by atoms with E-state index in [0.29, 0.717) is 0 Å². The number of nitrogens with zero attached hydrogens (tertiary/aromatic N) is 4. The van der Waals surface area contributed by atoms with Gasteiger partial charge in [0.15, 0.2) is 0 Å². The number of rotatable bonds is 3. The molecule has 10 rings (SSSR count). The summed E-state index contributed by atoms with van der Waals surface area (Å²) in [7, 11) is 0. The minimum absolute atomic E-state index is 0.818. The third-order valence-corrected chi connectivity index (χ3v) is 9.47. The Morgan fingerprint density at radius 3 is 0.955 bits per heavy atom. The van der Waals surface area contributed by atoms with Gasteiger partial charge < -0.3 is 0 Å². The summed E-state index contributed by atoms with van der Waals surface area (Å²) in [4.78, 5) is 20.2. The second-order valence-corrected chi connectivity index (χ2v) is 12.3. The highest BCUT2D eigenvalue weighted by Crippen LogP contribution is 2.41. The molecule has 0 unspecified atom stereocenters. The van der Waals surface area contributed by atoms with E-state index in [2.05, 4.69) is 109 Å². The van der Waals surface area contributed by atoms with Gasteiger partial charge in [-0.3, -0.25) is 20.0 Å². The second-order valence-electron chi connectivity index (χ2n) is 12.3. The van der Waals surface area contributed by atoms with Crippen LogP contribution in [0.4, 0.5) is 22.7 Å². The lowest BCUT2D eigenvalue weighted by Crippen LogP contribution is -2.13. The Morgan fingerprint density at radius 1 is 0.318 bits per heavy atom. The van der Waals surface area contributed by atoms with Crippen molar-refractivity contribution in [3.8, 4) is 0 Å². The predicted molar refractivity (Wildman–Crippen MR) is 182 cm³/mol. The summed E-state index contributed by atoms with van der Waals surface area (Å²) >= 11 is 0. The van der Waals surface area contributed by atoms with Gasteiger partial charge in [-0.25, -0.2) is 0 Å². The highest BCUT2D eigenvalue weighted by Gasteiger charge is 2.26. The van der Waals surface area contributed by atoms with Gasteiger partial charge in [0.05, 0.1) is 45.6 Å². The van der Waals surface area contributed by atoms with Crippen molar-refractivity contribution < 1.29 is 0 Å². The van der Waals surface area contributed by atoms with Gasteiger partial charge in [0.1, 0.15) is 0 Å². The van der Waals surface area contributed by atoms with Crippen LogP contribution in [0.5, 0.6) is 0 Å². The number of fused-ring (bicyclic) bond motifs is 6. The smallest absolute Gasteiger partial charge is 0.0676 e. The molecule has 0 amide bonds. The Hall–Kier alpha value is -5.48. The molecule has 0 spiro atoms. The maximum absolute atomic E-state index is 5.12. The van der Waals surface area contributed by atoms with E-state index in [1.54, 1.807) is 0 Å². The maximum atomic E-state index is 5.12. The Kier molecular flexibility index (Phi) is 4.92. The first-order valence-corrected chi connectivity index (χ1v) is 15.3. The van der Waals surface area contributed by atoms with E-state index in [4.69, 9.17) is 20.0 Å². The average Bonchev–Trinajstić information content (AvgIpc) is 3.85. The quantitative estimate of drug-likeness (QED) is 0.206. The SMILES string of the molecule is c1ccc(C2=Nc3cc4cc5c(cc4cc3C2)N=C(C2=Nc3cc4cc6c(cc4cc3C2)N=C(c2ccccc2)C6)C5)cc1. The van der Waals surface area contributed by atoms with Crippen LogP contribution < -0.4 is 0 Å². The molecular weight excluding hydrogens is 536 g/mol. The fraction of sp³-hybridized carbons (Fsp3) is 0.100. The molecule has 0 bridgehead atoms. The minimum atomic E-state index is 0.818. The van der Waals surface area contributed by atoms with Gasteiger partial charge in [-0.1, -0.05) is 60.7 Å². The van der Waals surface area contributed by atoms with Crippen LogP contribution >= 0.6 is 0 Å². The molecule has 4 heterocycles. The van der Waals surface area contributed by atoms with Gasteiger partial charge in [0.2, 0.25) is 0 Å². The summed E-state index contributed by atoms with van der Waals surface area (Å²) in [5.41, 5.74) is 16.3. The number of hydrogen-bond acceptors (Lipinski definition) is 4. The van der Waals surface area contributed by atoms with Crippen molar-refractivity contribution in [2.45, 2.75) is 25.7 Å². The van der Waals surface area contributed by atoms with Crippen LogP contribution in [-0.4, -0.2) is 22.8 Å². The van der Waals surface area contributed by atoms with Gasteiger partial charge in [-0.15, -0.1) is 0 Å². The lowest BCUT2D eigenvalue weighted by molar-refractivity contribution is 1.38. The summed E-state index contributed by atoms with van der Waals surface area (Å²) in [6, 6.07) is 39.2. The normalized spacial score (nSPS) is 15.9. The molecule has 0 aromatic heterocycles. The van der Waals surface area contributed by atoms with Crippen LogP contribution in [0.1, 0.15) is 33.4 Å². The van der Waals surface area contributed by atoms with Crippen LogP contribution in [0.15, 0.2) is 129 Å². The molecule has 4 aliphatic heterocycles. The van der Waals surface area contributed by atoms with E-state index in [9.17, 15) is 0 Å². The van der Waals surface area contributed by atoms with E-state index in [0.717, 1.165) is 71.3 Å². The van der Waals surface area contributed by atoms with Crippen molar-refractivity contribution in [3.63, 3.8) is 0 Å². The van der Waals surface area contributed by atoms with Crippen LogP contribution in [0.25, 0.3) is 21.5 Å². The summed E-state index contributed by atoms with van der Waals surface area (Å²) in [6.45, 7) is 0. The largest absolute Gasteiger partial charge is 0.252 e. The van der Waals surface area contributed by atoms with Crippen LogP contribution in [-0.2, 0) is 25.7 Å². The van der Waals surface area contributed by atoms with Gasteiger partial charge in [-0.05, 0) is 103 Å². The van der Waals surface area contributed by atoms with Crippen molar-refractivity contribution in [2.75, 3.05) is 0 Å². The summed E-state index contributed by atoms with van der Waals surface area (Å²) in [6.07, 6.45) is 3.37. The molecule has 4 aliphatic rings. The molecule has 4 nitrogen and oxygen atoms in total. The first-order chi connectivity index (χ1) is 21.7. The van der Waals surface area contributed by atoms with Crippen LogP contribution in [0, 0.1) is 0 Å². The molecule has 6 aromatic carbocycles. The van der Waals surface area contributed by atoms with Crippen molar-refractivity contribution in [1.82, 2.24) is 0 Å². The van der Waals surface area contributed by atoms with E-state index in [-0.39, 0.29) is 0 Å². The van der Waals surface area contributed by atoms with Crippen molar-refractivity contribution >= 4 is 67.1 Å². The van der Waals surface area contributed by atoms with E-state index >= 15 is 0 Å². The molecule has 0 N–H and O–H groups in total. The number of hydrogen-bond donors (Lipinski definition) is 0. The zero-order chi connectivity index (χ0) is 28.8. The van der Waals surface area contributed by atoms with Gasteiger partial charge >= 0.3 is 0 Å². The summed E-state index contributed by atoms with van der Waals surface area (Å²) in [5, 5.41) is 4.91. The van der Waals surface area contributed by atoms with E-state index in [1.165, 1.54) is 54.9 Å². The van der Waals surface area contributed by atoms with Crippen molar-refractivity contribution in [1.29, 1.82) is 0 Å². The Labute approximate surface area is 254 Å². The van der Waals surface area contributed by atoms with Gasteiger partial charge in [0.25, 0.3) is 0 Å². The maximum Gasteiger partial charge on any atom is 0.0676 e. The Morgan fingerprint density at radius 2 is 0.614 bits per heavy atom. The Balaban J connectivity index is 0.928. The fourth-order valence-electron chi connectivity index (χ4n) is 7.21. The summed E-state index contributed by atoms with van der Waals surface area (Å²) < 4.78 is 0. The lowest BCUT2D eigenvalue weighted by Gasteiger charge is -2.05. The lowest BCUT2D eigenvalue weighted by atomic mass is 9.97. The second kappa shape index (κ2) is 9.01. The molecular formula is C40H26N4. The predicted octanol–water partition coefficient (Wildman–Crippen LogP) is 9.30. The topological polar surface area (TPSA) is 49.4 Å².